The predicted octanol–water partition coefficient (Wildman–Crippen LogP) is 5.24. The van der Waals surface area contributed by atoms with Crippen molar-refractivity contribution < 1.29 is 13.9 Å². The van der Waals surface area contributed by atoms with Crippen molar-refractivity contribution in [1.29, 1.82) is 0 Å². The lowest BCUT2D eigenvalue weighted by Crippen LogP contribution is -2.05. The third-order valence-electron chi connectivity index (χ3n) is 4.62. The van der Waals surface area contributed by atoms with E-state index in [-0.39, 0.29) is 5.70 Å². The average Bonchev–Trinajstić information content (AvgIpc) is 3.23. The standard InChI is InChI=1S/C23H15NO3/c1-14-6-9-16(10-7-14)22-24-19(23(25)27-22)13-15-8-11-21-18(12-15)17-4-2-3-5-20(17)26-21/h2-13H,1H3/b19-13-. The zero-order valence-corrected chi connectivity index (χ0v) is 14.6. The van der Waals surface area contributed by atoms with Crippen LogP contribution in [0.25, 0.3) is 28.0 Å². The van der Waals surface area contributed by atoms with Crippen molar-refractivity contribution >= 4 is 39.9 Å². The fraction of sp³-hybridized carbons (Fsp3) is 0.0435. The second-order valence-corrected chi connectivity index (χ2v) is 6.56. The van der Waals surface area contributed by atoms with Gasteiger partial charge in [0, 0.05) is 16.3 Å². The van der Waals surface area contributed by atoms with Crippen LogP contribution in [0.5, 0.6) is 0 Å². The van der Waals surface area contributed by atoms with Crippen molar-refractivity contribution in [3.05, 3.63) is 89.1 Å². The summed E-state index contributed by atoms with van der Waals surface area (Å²) in [6.07, 6.45) is 1.74. The Morgan fingerprint density at radius 2 is 1.67 bits per heavy atom. The molecule has 0 radical (unpaired) electrons. The molecule has 0 unspecified atom stereocenters. The van der Waals surface area contributed by atoms with E-state index in [1.807, 2.05) is 73.7 Å². The van der Waals surface area contributed by atoms with Gasteiger partial charge in [-0.1, -0.05) is 42.0 Å². The molecule has 3 aromatic carbocycles. The van der Waals surface area contributed by atoms with Gasteiger partial charge >= 0.3 is 5.97 Å². The Morgan fingerprint density at radius 3 is 2.52 bits per heavy atom. The molecule has 2 heterocycles. The number of carbonyl (C=O) groups is 1. The number of fused-ring (bicyclic) bond motifs is 3. The average molecular weight is 353 g/mol. The molecule has 0 saturated heterocycles. The van der Waals surface area contributed by atoms with Crippen molar-refractivity contribution in [2.45, 2.75) is 6.92 Å². The van der Waals surface area contributed by atoms with Gasteiger partial charge in [0.05, 0.1) is 0 Å². The molecule has 4 aromatic rings. The molecule has 27 heavy (non-hydrogen) atoms. The first-order valence-electron chi connectivity index (χ1n) is 8.68. The van der Waals surface area contributed by atoms with Crippen LogP contribution in [0.3, 0.4) is 0 Å². The number of nitrogens with zero attached hydrogens (tertiary/aromatic N) is 1. The molecule has 0 amide bonds. The van der Waals surface area contributed by atoms with E-state index in [0.29, 0.717) is 5.90 Å². The number of para-hydroxylation sites is 1. The molecule has 5 rings (SSSR count). The van der Waals surface area contributed by atoms with Crippen LogP contribution in [-0.2, 0) is 9.53 Å². The van der Waals surface area contributed by atoms with Gasteiger partial charge < -0.3 is 9.15 Å². The molecule has 0 N–H and O–H groups in total. The first kappa shape index (κ1) is 15.6. The molecule has 1 aromatic heterocycles. The fourth-order valence-corrected chi connectivity index (χ4v) is 3.22. The lowest BCUT2D eigenvalue weighted by atomic mass is 10.1. The number of cyclic esters (lactones) is 1. The smallest absolute Gasteiger partial charge is 0.363 e. The number of hydrogen-bond acceptors (Lipinski definition) is 4. The topological polar surface area (TPSA) is 51.8 Å². The quantitative estimate of drug-likeness (QED) is 0.366. The van der Waals surface area contributed by atoms with Gasteiger partial charge in [0.15, 0.2) is 5.70 Å². The highest BCUT2D eigenvalue weighted by atomic mass is 16.6. The second kappa shape index (κ2) is 5.95. The summed E-state index contributed by atoms with van der Waals surface area (Å²) in [5, 5.41) is 2.06. The Kier molecular flexibility index (Phi) is 3.44. The highest BCUT2D eigenvalue weighted by Gasteiger charge is 2.24. The lowest BCUT2D eigenvalue weighted by Gasteiger charge is -1.99. The molecule has 0 fully saturated rings. The van der Waals surface area contributed by atoms with E-state index in [1.165, 1.54) is 0 Å². The first-order valence-corrected chi connectivity index (χ1v) is 8.68. The van der Waals surface area contributed by atoms with Crippen LogP contribution >= 0.6 is 0 Å². The maximum Gasteiger partial charge on any atom is 0.363 e. The molecule has 0 saturated carbocycles. The van der Waals surface area contributed by atoms with Crippen molar-refractivity contribution in [3.63, 3.8) is 0 Å². The van der Waals surface area contributed by atoms with Crippen LogP contribution in [0.1, 0.15) is 16.7 Å². The van der Waals surface area contributed by atoms with E-state index in [4.69, 9.17) is 9.15 Å². The predicted molar refractivity (Wildman–Crippen MR) is 106 cm³/mol. The highest BCUT2D eigenvalue weighted by Crippen LogP contribution is 2.30. The number of carbonyl (C=O) groups excluding carboxylic acids is 1. The molecule has 1 aliphatic rings. The Labute approximate surface area is 155 Å². The van der Waals surface area contributed by atoms with E-state index in [2.05, 4.69) is 4.99 Å². The number of rotatable bonds is 2. The highest BCUT2D eigenvalue weighted by molar-refractivity contribution is 6.13. The third kappa shape index (κ3) is 2.72. The zero-order valence-electron chi connectivity index (χ0n) is 14.6. The van der Waals surface area contributed by atoms with Gasteiger partial charge in [-0.05, 0) is 48.9 Å². The minimum atomic E-state index is -0.442. The summed E-state index contributed by atoms with van der Waals surface area (Å²) in [4.78, 5) is 16.6. The third-order valence-corrected chi connectivity index (χ3v) is 4.62. The van der Waals surface area contributed by atoms with Gasteiger partial charge in [-0.15, -0.1) is 0 Å². The molecular formula is C23H15NO3. The van der Waals surface area contributed by atoms with Crippen LogP contribution in [-0.4, -0.2) is 11.9 Å². The number of aliphatic imine (C=N–C) groups is 1. The molecule has 1 aliphatic heterocycles. The summed E-state index contributed by atoms with van der Waals surface area (Å²) in [6, 6.07) is 21.4. The lowest BCUT2D eigenvalue weighted by molar-refractivity contribution is -0.129. The maximum atomic E-state index is 12.2. The Balaban J connectivity index is 1.56. The number of hydrogen-bond donors (Lipinski definition) is 0. The number of aryl methyl sites for hydroxylation is 1. The number of ether oxygens (including phenoxy) is 1. The van der Waals surface area contributed by atoms with Crippen LogP contribution < -0.4 is 0 Å². The fourth-order valence-electron chi connectivity index (χ4n) is 3.22. The first-order chi connectivity index (χ1) is 13.2. The Hall–Kier alpha value is -3.66. The van der Waals surface area contributed by atoms with Gasteiger partial charge in [0.25, 0.3) is 0 Å². The van der Waals surface area contributed by atoms with E-state index in [0.717, 1.165) is 38.6 Å². The summed E-state index contributed by atoms with van der Waals surface area (Å²) >= 11 is 0. The normalized spacial score (nSPS) is 15.5. The van der Waals surface area contributed by atoms with Crippen LogP contribution in [0, 0.1) is 6.92 Å². The molecule has 0 bridgehead atoms. The molecule has 0 atom stereocenters. The van der Waals surface area contributed by atoms with Crippen molar-refractivity contribution in [2.75, 3.05) is 0 Å². The Morgan fingerprint density at radius 1 is 0.889 bits per heavy atom. The largest absolute Gasteiger partial charge is 0.456 e. The monoisotopic (exact) mass is 353 g/mol. The summed E-state index contributed by atoms with van der Waals surface area (Å²) in [7, 11) is 0. The summed E-state index contributed by atoms with van der Waals surface area (Å²) < 4.78 is 11.2. The van der Waals surface area contributed by atoms with E-state index in [1.54, 1.807) is 6.08 Å². The minimum absolute atomic E-state index is 0.290. The summed E-state index contributed by atoms with van der Waals surface area (Å²) in [5.74, 6) is -0.108. The molecule has 0 aliphatic carbocycles. The van der Waals surface area contributed by atoms with Gasteiger partial charge in [0.2, 0.25) is 5.90 Å². The van der Waals surface area contributed by atoms with E-state index in [9.17, 15) is 4.79 Å². The van der Waals surface area contributed by atoms with Crippen LogP contribution in [0.15, 0.2) is 81.8 Å². The second-order valence-electron chi connectivity index (χ2n) is 6.56. The molecule has 0 spiro atoms. The zero-order chi connectivity index (χ0) is 18.4. The minimum Gasteiger partial charge on any atom is -0.456 e. The van der Waals surface area contributed by atoms with Crippen LogP contribution in [0.4, 0.5) is 0 Å². The van der Waals surface area contributed by atoms with Crippen molar-refractivity contribution in [1.82, 2.24) is 0 Å². The summed E-state index contributed by atoms with van der Waals surface area (Å²) in [5.41, 5.74) is 4.75. The molecule has 130 valence electrons. The molecular weight excluding hydrogens is 338 g/mol. The number of furan rings is 1. The number of esters is 1. The Bertz CT molecular complexity index is 1260. The molecule has 4 heteroatoms. The molecule has 4 nitrogen and oxygen atoms in total. The van der Waals surface area contributed by atoms with Gasteiger partial charge in [-0.3, -0.25) is 0 Å². The van der Waals surface area contributed by atoms with Crippen molar-refractivity contribution in [3.8, 4) is 0 Å². The van der Waals surface area contributed by atoms with Gasteiger partial charge in [-0.2, -0.15) is 0 Å². The van der Waals surface area contributed by atoms with E-state index < -0.39 is 5.97 Å². The summed E-state index contributed by atoms with van der Waals surface area (Å²) in [6.45, 7) is 2.01. The number of benzene rings is 3. The maximum absolute atomic E-state index is 12.2. The van der Waals surface area contributed by atoms with Gasteiger partial charge in [0.1, 0.15) is 11.2 Å². The van der Waals surface area contributed by atoms with E-state index >= 15 is 0 Å². The SMILES string of the molecule is Cc1ccc(C2=N/C(=C\c3ccc4oc5ccccc5c4c3)C(=O)O2)cc1. The van der Waals surface area contributed by atoms with Crippen molar-refractivity contribution in [2.24, 2.45) is 4.99 Å². The van der Waals surface area contributed by atoms with Gasteiger partial charge in [-0.25, -0.2) is 9.79 Å². The van der Waals surface area contributed by atoms with Crippen LogP contribution in [0.2, 0.25) is 0 Å².